The van der Waals surface area contributed by atoms with Gasteiger partial charge in [0, 0.05) is 36.0 Å². The highest BCUT2D eigenvalue weighted by Gasteiger charge is 2.28. The van der Waals surface area contributed by atoms with Crippen molar-refractivity contribution >= 4 is 17.5 Å². The minimum absolute atomic E-state index is 0.133. The lowest BCUT2D eigenvalue weighted by Crippen LogP contribution is -2.43. The first kappa shape index (κ1) is 20.2. The third kappa shape index (κ3) is 5.11. The largest absolute Gasteiger partial charge is 0.489 e. The molecule has 4 rings (SSSR count). The minimum Gasteiger partial charge on any atom is -0.489 e. The number of halogens is 1. The molecule has 1 saturated heterocycles. The average molecular weight is 417 g/mol. The van der Waals surface area contributed by atoms with Crippen LogP contribution in [0, 0.1) is 6.92 Å². The summed E-state index contributed by atoms with van der Waals surface area (Å²) in [7, 11) is 0. The molecule has 1 aromatic carbocycles. The number of aryl methyl sites for hydroxylation is 1. The van der Waals surface area contributed by atoms with Crippen LogP contribution in [0.3, 0.4) is 0 Å². The summed E-state index contributed by atoms with van der Waals surface area (Å²) in [6, 6.07) is 6.01. The Hall–Kier alpha value is -2.05. The maximum Gasteiger partial charge on any atom is 0.255 e. The van der Waals surface area contributed by atoms with Crippen LogP contribution < -0.4 is 10.1 Å². The van der Waals surface area contributed by atoms with E-state index in [0.29, 0.717) is 22.9 Å². The fourth-order valence-corrected chi connectivity index (χ4v) is 4.58. The molecule has 2 heterocycles. The maximum atomic E-state index is 12.8. The molecule has 156 valence electrons. The smallest absolute Gasteiger partial charge is 0.255 e. The predicted octanol–water partition coefficient (Wildman–Crippen LogP) is 4.09. The number of carbonyl (C=O) groups excluding carboxylic acids is 1. The Bertz CT molecular complexity index is 839. The van der Waals surface area contributed by atoms with E-state index in [9.17, 15) is 4.79 Å². The minimum atomic E-state index is -0.208. The molecule has 2 fully saturated rings. The van der Waals surface area contributed by atoms with E-state index < -0.39 is 0 Å². The van der Waals surface area contributed by atoms with Crippen LogP contribution in [0.2, 0.25) is 5.02 Å². The molecule has 0 bridgehead atoms. The van der Waals surface area contributed by atoms with Crippen molar-refractivity contribution in [1.29, 1.82) is 0 Å². The van der Waals surface area contributed by atoms with Crippen molar-refractivity contribution in [2.24, 2.45) is 0 Å². The van der Waals surface area contributed by atoms with E-state index in [2.05, 4.69) is 20.2 Å². The third-order valence-corrected chi connectivity index (χ3v) is 6.20. The van der Waals surface area contributed by atoms with Crippen LogP contribution in [-0.2, 0) is 6.54 Å². The number of nitrogens with one attached hydrogen (secondary N) is 2. The van der Waals surface area contributed by atoms with Crippen LogP contribution in [0.1, 0.15) is 60.4 Å². The molecule has 2 aliphatic rings. The highest BCUT2D eigenvalue weighted by Crippen LogP contribution is 2.29. The molecule has 7 heteroatoms. The third-order valence-electron chi connectivity index (χ3n) is 5.97. The molecule has 29 heavy (non-hydrogen) atoms. The molecular formula is C22H29ClN4O2. The van der Waals surface area contributed by atoms with Gasteiger partial charge in [-0.2, -0.15) is 0 Å². The summed E-state index contributed by atoms with van der Waals surface area (Å²) in [6.45, 7) is 4.41. The fraction of sp³-hybridized carbons (Fsp3) is 0.545. The van der Waals surface area contributed by atoms with Gasteiger partial charge in [0.25, 0.3) is 5.91 Å². The molecule has 1 aliphatic carbocycles. The summed E-state index contributed by atoms with van der Waals surface area (Å²) in [5, 5.41) is 3.42. The van der Waals surface area contributed by atoms with Gasteiger partial charge in [-0.05, 0) is 50.8 Å². The Balaban J connectivity index is 1.37. The number of aromatic amines is 1. The van der Waals surface area contributed by atoms with E-state index in [1.54, 1.807) is 24.4 Å². The van der Waals surface area contributed by atoms with Crippen molar-refractivity contribution in [3.63, 3.8) is 0 Å². The standard InChI is InChI=1S/C22H29ClN4O2/c1-15-13-24-21(26-15)14-25-22(28)19-12-16(23)6-7-20(19)29-18-8-10-27(11-9-18)17-4-2-3-5-17/h6-7,12-13,17-18H,2-5,8-11,14H2,1H3,(H,24,26)(H,25,28). The van der Waals surface area contributed by atoms with Crippen LogP contribution in [0.15, 0.2) is 24.4 Å². The molecule has 2 N–H and O–H groups in total. The van der Waals surface area contributed by atoms with E-state index in [-0.39, 0.29) is 12.0 Å². The number of H-pyrrole nitrogens is 1. The number of benzene rings is 1. The molecule has 1 amide bonds. The zero-order valence-electron chi connectivity index (χ0n) is 16.9. The number of likely N-dealkylation sites (tertiary alicyclic amines) is 1. The molecule has 0 unspecified atom stereocenters. The molecular weight excluding hydrogens is 388 g/mol. The molecule has 1 aliphatic heterocycles. The lowest BCUT2D eigenvalue weighted by molar-refractivity contribution is 0.0750. The van der Waals surface area contributed by atoms with Crippen LogP contribution in [0.4, 0.5) is 0 Å². The summed E-state index contributed by atoms with van der Waals surface area (Å²) < 4.78 is 6.26. The predicted molar refractivity (Wildman–Crippen MR) is 113 cm³/mol. The molecule has 2 aromatic rings. The number of carbonyl (C=O) groups is 1. The number of hydrogen-bond donors (Lipinski definition) is 2. The van der Waals surface area contributed by atoms with Gasteiger partial charge in [-0.1, -0.05) is 24.4 Å². The zero-order valence-corrected chi connectivity index (χ0v) is 17.7. The second kappa shape index (κ2) is 9.18. The first-order valence-corrected chi connectivity index (χ1v) is 11.0. The van der Waals surface area contributed by atoms with Crippen molar-refractivity contribution in [2.45, 2.75) is 64.1 Å². The zero-order chi connectivity index (χ0) is 20.2. The van der Waals surface area contributed by atoms with Crippen LogP contribution >= 0.6 is 11.6 Å². The Morgan fingerprint density at radius 3 is 2.72 bits per heavy atom. The molecule has 0 radical (unpaired) electrons. The summed E-state index contributed by atoms with van der Waals surface area (Å²) >= 11 is 6.16. The van der Waals surface area contributed by atoms with Gasteiger partial charge in [-0.15, -0.1) is 0 Å². The van der Waals surface area contributed by atoms with Crippen molar-refractivity contribution in [3.05, 3.63) is 46.5 Å². The number of imidazole rings is 1. The first-order valence-electron chi connectivity index (χ1n) is 10.6. The molecule has 1 aromatic heterocycles. The van der Waals surface area contributed by atoms with Gasteiger partial charge in [0.05, 0.1) is 12.1 Å². The normalized spacial score (nSPS) is 18.8. The monoisotopic (exact) mass is 416 g/mol. The highest BCUT2D eigenvalue weighted by molar-refractivity contribution is 6.31. The van der Waals surface area contributed by atoms with E-state index in [1.807, 2.05) is 6.92 Å². The Morgan fingerprint density at radius 2 is 2.03 bits per heavy atom. The van der Waals surface area contributed by atoms with E-state index >= 15 is 0 Å². The van der Waals surface area contributed by atoms with Crippen molar-refractivity contribution in [3.8, 4) is 5.75 Å². The first-order chi connectivity index (χ1) is 14.1. The number of aromatic nitrogens is 2. The summed E-state index contributed by atoms with van der Waals surface area (Å²) in [6.07, 6.45) is 9.26. The van der Waals surface area contributed by atoms with Gasteiger partial charge in [-0.25, -0.2) is 4.98 Å². The van der Waals surface area contributed by atoms with Crippen molar-refractivity contribution in [2.75, 3.05) is 13.1 Å². The Kier molecular flexibility index (Phi) is 6.40. The highest BCUT2D eigenvalue weighted by atomic mass is 35.5. The second-order valence-corrected chi connectivity index (χ2v) is 8.56. The average Bonchev–Trinajstić information content (AvgIpc) is 3.40. The number of rotatable bonds is 6. The van der Waals surface area contributed by atoms with E-state index in [0.717, 1.165) is 43.5 Å². The lowest BCUT2D eigenvalue weighted by Gasteiger charge is -2.36. The molecule has 6 nitrogen and oxygen atoms in total. The number of nitrogens with zero attached hydrogens (tertiary/aromatic N) is 2. The van der Waals surface area contributed by atoms with Gasteiger partial charge >= 0.3 is 0 Å². The van der Waals surface area contributed by atoms with Gasteiger partial charge in [0.15, 0.2) is 0 Å². The fourth-order valence-electron chi connectivity index (χ4n) is 4.41. The van der Waals surface area contributed by atoms with Gasteiger partial charge in [0.1, 0.15) is 17.7 Å². The van der Waals surface area contributed by atoms with Crippen molar-refractivity contribution in [1.82, 2.24) is 20.2 Å². The lowest BCUT2D eigenvalue weighted by atomic mass is 10.0. The molecule has 0 atom stereocenters. The SMILES string of the molecule is Cc1cnc(CNC(=O)c2cc(Cl)ccc2OC2CCN(C3CCCC3)CC2)[nH]1. The maximum absolute atomic E-state index is 12.8. The van der Waals surface area contributed by atoms with Crippen LogP contribution in [0.25, 0.3) is 0 Å². The number of piperidine rings is 1. The topological polar surface area (TPSA) is 70.2 Å². The van der Waals surface area contributed by atoms with Gasteiger partial charge in [0.2, 0.25) is 0 Å². The Labute approximate surface area is 177 Å². The number of hydrogen-bond acceptors (Lipinski definition) is 4. The molecule has 0 spiro atoms. The Morgan fingerprint density at radius 1 is 1.28 bits per heavy atom. The number of amides is 1. The summed E-state index contributed by atoms with van der Waals surface area (Å²) in [5.74, 6) is 1.11. The van der Waals surface area contributed by atoms with E-state index in [4.69, 9.17) is 16.3 Å². The van der Waals surface area contributed by atoms with Crippen LogP contribution in [-0.4, -0.2) is 46.0 Å². The van der Waals surface area contributed by atoms with E-state index in [1.165, 1.54) is 25.7 Å². The van der Waals surface area contributed by atoms with Crippen LogP contribution in [0.5, 0.6) is 5.75 Å². The van der Waals surface area contributed by atoms with Crippen molar-refractivity contribution < 1.29 is 9.53 Å². The summed E-state index contributed by atoms with van der Waals surface area (Å²) in [4.78, 5) is 22.7. The second-order valence-electron chi connectivity index (χ2n) is 8.13. The molecule has 1 saturated carbocycles. The number of ether oxygens (including phenoxy) is 1. The van der Waals surface area contributed by atoms with Gasteiger partial charge < -0.3 is 19.9 Å². The quantitative estimate of drug-likeness (QED) is 0.744. The van der Waals surface area contributed by atoms with Gasteiger partial charge in [-0.3, -0.25) is 4.79 Å². The summed E-state index contributed by atoms with van der Waals surface area (Å²) in [5.41, 5.74) is 1.43.